The van der Waals surface area contributed by atoms with Crippen molar-refractivity contribution in [3.8, 4) is 22.9 Å². The van der Waals surface area contributed by atoms with E-state index in [0.717, 1.165) is 38.2 Å². The van der Waals surface area contributed by atoms with Crippen molar-refractivity contribution in [1.29, 1.82) is 0 Å². The lowest BCUT2D eigenvalue weighted by atomic mass is 10.2. The molecule has 21 heavy (non-hydrogen) atoms. The molecule has 1 aliphatic rings. The molecular weight excluding hydrogens is 402 g/mol. The molecule has 1 aromatic heterocycles. The minimum Gasteiger partial charge on any atom is -0.489 e. The lowest BCUT2D eigenvalue weighted by Crippen LogP contribution is -1.99. The summed E-state index contributed by atoms with van der Waals surface area (Å²) in [5, 5.41) is 3.03. The lowest BCUT2D eigenvalue weighted by molar-refractivity contribution is 0.296. The van der Waals surface area contributed by atoms with Gasteiger partial charge in [0.1, 0.15) is 5.82 Å². The fourth-order valence-corrected chi connectivity index (χ4v) is 2.99. The van der Waals surface area contributed by atoms with Crippen molar-refractivity contribution in [1.82, 2.24) is 9.97 Å². The number of nitrogens with one attached hydrogen (secondary N) is 1. The van der Waals surface area contributed by atoms with Crippen molar-refractivity contribution in [3.63, 3.8) is 0 Å². The predicted octanol–water partition coefficient (Wildman–Crippen LogP) is 3.87. The number of rotatable bonds is 2. The Bertz CT molecular complexity index is 680. The van der Waals surface area contributed by atoms with Gasteiger partial charge in [0.2, 0.25) is 0 Å². The number of fused-ring (bicyclic) bond motifs is 1. The Morgan fingerprint density at radius 3 is 2.76 bits per heavy atom. The second-order valence-corrected chi connectivity index (χ2v) is 6.18. The van der Waals surface area contributed by atoms with Crippen molar-refractivity contribution in [2.75, 3.05) is 25.6 Å². The fraction of sp³-hybridized carbons (Fsp3) is 0.286. The highest BCUT2D eigenvalue weighted by atomic mass is 79.9. The Kier molecular flexibility index (Phi) is 4.30. The number of hydrogen-bond acceptors (Lipinski definition) is 5. The number of halogens is 2. The highest BCUT2D eigenvalue weighted by Gasteiger charge is 2.17. The molecule has 1 aliphatic heterocycles. The van der Waals surface area contributed by atoms with E-state index in [4.69, 9.17) is 9.47 Å². The zero-order chi connectivity index (χ0) is 14.8. The molecule has 0 atom stereocenters. The quantitative estimate of drug-likeness (QED) is 0.808. The molecule has 0 saturated carbocycles. The Morgan fingerprint density at radius 2 is 1.95 bits per heavy atom. The van der Waals surface area contributed by atoms with E-state index >= 15 is 0 Å². The first-order valence-electron chi connectivity index (χ1n) is 6.49. The van der Waals surface area contributed by atoms with Gasteiger partial charge in [0.15, 0.2) is 17.3 Å². The minimum atomic E-state index is 0.624. The third-order valence-electron chi connectivity index (χ3n) is 3.04. The highest BCUT2D eigenvalue weighted by Crippen LogP contribution is 2.40. The molecule has 0 radical (unpaired) electrons. The smallest absolute Gasteiger partial charge is 0.175 e. The van der Waals surface area contributed by atoms with E-state index in [9.17, 15) is 0 Å². The van der Waals surface area contributed by atoms with Crippen molar-refractivity contribution in [2.45, 2.75) is 6.42 Å². The van der Waals surface area contributed by atoms with Crippen LogP contribution in [0.5, 0.6) is 11.5 Å². The standard InChI is InChI=1S/C14H13Br2N3O2/c1-17-14-10(16)7-18-13(19-14)8-5-9(15)12-11(6-8)20-3-2-4-21-12/h5-7H,2-4H2,1H3,(H,17,18,19). The molecule has 0 unspecified atom stereocenters. The average Bonchev–Trinajstić information content (AvgIpc) is 2.73. The largest absolute Gasteiger partial charge is 0.489 e. The van der Waals surface area contributed by atoms with Crippen LogP contribution in [0.4, 0.5) is 5.82 Å². The van der Waals surface area contributed by atoms with E-state index in [1.54, 1.807) is 6.20 Å². The molecule has 2 aromatic rings. The van der Waals surface area contributed by atoms with Gasteiger partial charge in [0, 0.05) is 25.2 Å². The van der Waals surface area contributed by atoms with Crippen LogP contribution in [0.15, 0.2) is 27.3 Å². The first-order chi connectivity index (χ1) is 10.2. The molecule has 1 aromatic carbocycles. The van der Waals surface area contributed by atoms with E-state index in [1.165, 1.54) is 0 Å². The van der Waals surface area contributed by atoms with Crippen LogP contribution in [0, 0.1) is 0 Å². The van der Waals surface area contributed by atoms with Gasteiger partial charge in [-0.05, 0) is 44.0 Å². The van der Waals surface area contributed by atoms with Crippen LogP contribution < -0.4 is 14.8 Å². The second-order valence-electron chi connectivity index (χ2n) is 4.48. The van der Waals surface area contributed by atoms with Crippen LogP contribution >= 0.6 is 31.9 Å². The Labute approximate surface area is 139 Å². The number of benzene rings is 1. The summed E-state index contributed by atoms with van der Waals surface area (Å²) in [5.74, 6) is 2.82. The third kappa shape index (κ3) is 2.98. The molecule has 0 fully saturated rings. The van der Waals surface area contributed by atoms with E-state index in [0.29, 0.717) is 19.0 Å². The summed E-state index contributed by atoms with van der Waals surface area (Å²) in [6.07, 6.45) is 2.60. The zero-order valence-corrected chi connectivity index (χ0v) is 14.5. The summed E-state index contributed by atoms with van der Waals surface area (Å²) in [6.45, 7) is 1.30. The molecule has 3 rings (SSSR count). The number of hydrogen-bond donors (Lipinski definition) is 1. The maximum atomic E-state index is 5.74. The molecule has 110 valence electrons. The first-order valence-corrected chi connectivity index (χ1v) is 8.07. The predicted molar refractivity (Wildman–Crippen MR) is 88.0 cm³/mol. The number of anilines is 1. The third-order valence-corrected chi connectivity index (χ3v) is 4.21. The first kappa shape index (κ1) is 14.6. The molecule has 0 amide bonds. The summed E-state index contributed by atoms with van der Waals surface area (Å²) in [4.78, 5) is 8.84. The van der Waals surface area contributed by atoms with E-state index in [2.05, 4.69) is 47.1 Å². The highest BCUT2D eigenvalue weighted by molar-refractivity contribution is 9.11. The normalized spacial score (nSPS) is 13.7. The van der Waals surface area contributed by atoms with Gasteiger partial charge in [0.25, 0.3) is 0 Å². The van der Waals surface area contributed by atoms with Gasteiger partial charge in [-0.25, -0.2) is 9.97 Å². The van der Waals surface area contributed by atoms with Crippen LogP contribution in [0.2, 0.25) is 0 Å². The van der Waals surface area contributed by atoms with Gasteiger partial charge in [-0.3, -0.25) is 0 Å². The van der Waals surface area contributed by atoms with Gasteiger partial charge in [-0.15, -0.1) is 0 Å². The van der Waals surface area contributed by atoms with Crippen LogP contribution in [0.25, 0.3) is 11.4 Å². The average molecular weight is 415 g/mol. The lowest BCUT2D eigenvalue weighted by Gasteiger charge is -2.12. The Morgan fingerprint density at radius 1 is 1.14 bits per heavy atom. The van der Waals surface area contributed by atoms with Gasteiger partial charge < -0.3 is 14.8 Å². The van der Waals surface area contributed by atoms with Crippen LogP contribution in [-0.2, 0) is 0 Å². The number of aromatic nitrogens is 2. The zero-order valence-electron chi connectivity index (χ0n) is 11.3. The second kappa shape index (κ2) is 6.19. The van der Waals surface area contributed by atoms with Gasteiger partial charge >= 0.3 is 0 Å². The van der Waals surface area contributed by atoms with Gasteiger partial charge in [-0.1, -0.05) is 0 Å². The molecule has 7 heteroatoms. The van der Waals surface area contributed by atoms with Crippen LogP contribution in [0.1, 0.15) is 6.42 Å². The van der Waals surface area contributed by atoms with Crippen molar-refractivity contribution in [2.24, 2.45) is 0 Å². The van der Waals surface area contributed by atoms with Crippen LogP contribution in [0.3, 0.4) is 0 Å². The van der Waals surface area contributed by atoms with Gasteiger partial charge in [-0.2, -0.15) is 0 Å². The fourth-order valence-electron chi connectivity index (χ4n) is 2.04. The van der Waals surface area contributed by atoms with E-state index < -0.39 is 0 Å². The Hall–Kier alpha value is -1.34. The van der Waals surface area contributed by atoms with Crippen molar-refractivity contribution in [3.05, 3.63) is 27.3 Å². The maximum absolute atomic E-state index is 5.74. The topological polar surface area (TPSA) is 56.3 Å². The summed E-state index contributed by atoms with van der Waals surface area (Å²) in [5.41, 5.74) is 0.870. The monoisotopic (exact) mass is 413 g/mol. The maximum Gasteiger partial charge on any atom is 0.175 e. The molecule has 5 nitrogen and oxygen atoms in total. The summed E-state index contributed by atoms with van der Waals surface area (Å²) < 4.78 is 13.1. The summed E-state index contributed by atoms with van der Waals surface area (Å²) in [6, 6.07) is 3.85. The summed E-state index contributed by atoms with van der Waals surface area (Å²) >= 11 is 6.94. The van der Waals surface area contributed by atoms with Crippen LogP contribution in [-0.4, -0.2) is 30.2 Å². The van der Waals surface area contributed by atoms with Gasteiger partial charge in [0.05, 0.1) is 22.2 Å². The molecular formula is C14H13Br2N3O2. The number of ether oxygens (including phenoxy) is 2. The molecule has 0 bridgehead atoms. The minimum absolute atomic E-state index is 0.624. The summed E-state index contributed by atoms with van der Waals surface area (Å²) in [7, 11) is 1.82. The Balaban J connectivity index is 2.07. The molecule has 1 N–H and O–H groups in total. The molecule has 2 heterocycles. The SMILES string of the molecule is CNc1nc(-c2cc(Br)c3c(c2)OCCCO3)ncc1Br. The van der Waals surface area contributed by atoms with Crippen molar-refractivity contribution >= 4 is 37.7 Å². The number of nitrogens with zero attached hydrogens (tertiary/aromatic N) is 2. The molecule has 0 saturated heterocycles. The van der Waals surface area contributed by atoms with Crippen molar-refractivity contribution < 1.29 is 9.47 Å². The molecule has 0 spiro atoms. The van der Waals surface area contributed by atoms with E-state index in [1.807, 2.05) is 19.2 Å². The molecule has 0 aliphatic carbocycles. The van der Waals surface area contributed by atoms with E-state index in [-0.39, 0.29) is 0 Å².